The number of hydrogen-bond acceptors (Lipinski definition) is 6. The highest BCUT2D eigenvalue weighted by Crippen LogP contribution is 2.28. The van der Waals surface area contributed by atoms with E-state index in [9.17, 15) is 18.3 Å². The number of ether oxygens (including phenoxy) is 1. The van der Waals surface area contributed by atoms with Crippen LogP contribution in [0.4, 0.5) is 0 Å². The molecule has 0 spiro atoms. The first-order valence-electron chi connectivity index (χ1n) is 9.57. The Morgan fingerprint density at radius 1 is 1.16 bits per heavy atom. The first-order chi connectivity index (χ1) is 14.6. The van der Waals surface area contributed by atoms with Crippen molar-refractivity contribution in [2.24, 2.45) is 5.92 Å². The molecule has 1 N–H and O–H groups in total. The van der Waals surface area contributed by atoms with E-state index in [1.165, 1.54) is 23.0 Å². The molecule has 0 bridgehead atoms. The zero-order valence-corrected chi connectivity index (χ0v) is 19.7. The lowest BCUT2D eigenvalue weighted by Crippen LogP contribution is -2.28. The van der Waals surface area contributed by atoms with Gasteiger partial charge in [-0.15, -0.1) is 0 Å². The smallest absolute Gasteiger partial charge is 0.314 e. The number of halogens is 1. The van der Waals surface area contributed by atoms with E-state index in [4.69, 9.17) is 4.74 Å². The van der Waals surface area contributed by atoms with E-state index in [0.717, 1.165) is 10.7 Å². The lowest BCUT2D eigenvalue weighted by atomic mass is 10.1. The van der Waals surface area contributed by atoms with Gasteiger partial charge in [-0.1, -0.05) is 48.0 Å². The van der Waals surface area contributed by atoms with Crippen LogP contribution in [-0.4, -0.2) is 42.3 Å². The normalized spacial score (nSPS) is 12.7. The number of sulfone groups is 1. The Morgan fingerprint density at radius 3 is 2.42 bits per heavy atom. The van der Waals surface area contributed by atoms with Gasteiger partial charge in [-0.25, -0.2) is 8.42 Å². The molecule has 0 aliphatic heterocycles. The van der Waals surface area contributed by atoms with Gasteiger partial charge >= 0.3 is 5.56 Å². The maximum Gasteiger partial charge on any atom is 0.314 e. The Kier molecular flexibility index (Phi) is 6.98. The van der Waals surface area contributed by atoms with Crippen molar-refractivity contribution in [1.82, 2.24) is 9.78 Å². The summed E-state index contributed by atoms with van der Waals surface area (Å²) >= 11 is 3.39. The lowest BCUT2D eigenvalue weighted by molar-refractivity contribution is 0.0695. The molecule has 0 aliphatic carbocycles. The standard InChI is InChI=1S/C22H23BrN2O5S/c1-14(2)20(26)13-30-21-19(15-7-9-18(10-8-15)31(3,28)29)12-24-25(22(21)27)17-6-4-5-16(23)11-17/h4-12,14,20,26H,13H2,1-3H3/t20-/m0/s1. The third-order valence-corrected chi connectivity index (χ3v) is 6.37. The number of aliphatic hydroxyl groups excluding tert-OH is 1. The minimum absolute atomic E-state index is 0.0294. The van der Waals surface area contributed by atoms with E-state index in [1.807, 2.05) is 19.9 Å². The average Bonchev–Trinajstić information content (AvgIpc) is 2.71. The molecular weight excluding hydrogens is 484 g/mol. The third kappa shape index (κ3) is 5.41. The summed E-state index contributed by atoms with van der Waals surface area (Å²) in [6.45, 7) is 3.64. The molecule has 3 aromatic rings. The lowest BCUT2D eigenvalue weighted by Gasteiger charge is -2.18. The molecule has 3 rings (SSSR count). The van der Waals surface area contributed by atoms with Crippen LogP contribution in [0.2, 0.25) is 0 Å². The monoisotopic (exact) mass is 506 g/mol. The summed E-state index contributed by atoms with van der Waals surface area (Å²) in [6, 6.07) is 13.3. The molecule has 1 aromatic heterocycles. The fourth-order valence-corrected chi connectivity index (χ4v) is 3.84. The Balaban J connectivity index is 2.11. The first-order valence-corrected chi connectivity index (χ1v) is 12.3. The van der Waals surface area contributed by atoms with Gasteiger partial charge in [0.15, 0.2) is 15.6 Å². The van der Waals surface area contributed by atoms with Crippen LogP contribution in [0, 0.1) is 5.92 Å². The molecule has 0 radical (unpaired) electrons. The minimum Gasteiger partial charge on any atom is -0.485 e. The number of rotatable bonds is 7. The zero-order valence-electron chi connectivity index (χ0n) is 17.3. The summed E-state index contributed by atoms with van der Waals surface area (Å²) in [5.74, 6) is -0.0200. The van der Waals surface area contributed by atoms with Crippen LogP contribution in [0.25, 0.3) is 16.8 Å². The molecule has 9 heteroatoms. The zero-order chi connectivity index (χ0) is 22.8. The Morgan fingerprint density at radius 2 is 1.84 bits per heavy atom. The third-order valence-electron chi connectivity index (χ3n) is 4.75. The second-order valence-corrected chi connectivity index (χ2v) is 10.4. The van der Waals surface area contributed by atoms with Gasteiger partial charge in [-0.2, -0.15) is 9.78 Å². The predicted octanol–water partition coefficient (Wildman–Crippen LogP) is 3.46. The van der Waals surface area contributed by atoms with Crippen LogP contribution in [0.5, 0.6) is 5.75 Å². The van der Waals surface area contributed by atoms with E-state index in [-0.39, 0.29) is 23.2 Å². The number of nitrogens with zero attached hydrogens (tertiary/aromatic N) is 2. The minimum atomic E-state index is -3.35. The second kappa shape index (κ2) is 9.33. The molecule has 7 nitrogen and oxygen atoms in total. The topological polar surface area (TPSA) is 98.5 Å². The summed E-state index contributed by atoms with van der Waals surface area (Å²) < 4.78 is 31.3. The van der Waals surface area contributed by atoms with Crippen LogP contribution < -0.4 is 10.3 Å². The molecule has 0 fully saturated rings. The molecule has 31 heavy (non-hydrogen) atoms. The Labute approximate surface area is 189 Å². The average molecular weight is 507 g/mol. The van der Waals surface area contributed by atoms with Crippen molar-refractivity contribution in [1.29, 1.82) is 0 Å². The highest BCUT2D eigenvalue weighted by Gasteiger charge is 2.19. The van der Waals surface area contributed by atoms with Gasteiger partial charge in [0.1, 0.15) is 6.61 Å². The molecule has 0 amide bonds. The number of aromatic nitrogens is 2. The van der Waals surface area contributed by atoms with Crippen molar-refractivity contribution in [3.63, 3.8) is 0 Å². The van der Waals surface area contributed by atoms with Crippen molar-refractivity contribution >= 4 is 25.8 Å². The first kappa shape index (κ1) is 23.2. The van der Waals surface area contributed by atoms with Crippen LogP contribution in [0.15, 0.2) is 68.9 Å². The molecule has 1 heterocycles. The van der Waals surface area contributed by atoms with Crippen molar-refractivity contribution in [3.8, 4) is 22.6 Å². The quantitative estimate of drug-likeness (QED) is 0.526. The van der Waals surface area contributed by atoms with Gasteiger partial charge in [0.25, 0.3) is 0 Å². The fourth-order valence-electron chi connectivity index (χ4n) is 2.82. The SMILES string of the molecule is CC(C)[C@@H](O)COc1c(-c2ccc(S(C)(=O)=O)cc2)cnn(-c2cccc(Br)c2)c1=O. The van der Waals surface area contributed by atoms with Gasteiger partial charge in [0.2, 0.25) is 0 Å². The summed E-state index contributed by atoms with van der Waals surface area (Å²) in [4.78, 5) is 13.4. The summed E-state index contributed by atoms with van der Waals surface area (Å²) in [5, 5.41) is 14.4. The summed E-state index contributed by atoms with van der Waals surface area (Å²) in [6.07, 6.45) is 1.87. The van der Waals surface area contributed by atoms with E-state index in [1.54, 1.807) is 30.3 Å². The molecule has 0 saturated heterocycles. The van der Waals surface area contributed by atoms with Gasteiger partial charge in [-0.05, 0) is 41.8 Å². The van der Waals surface area contributed by atoms with Gasteiger partial charge in [-0.3, -0.25) is 4.79 Å². The van der Waals surface area contributed by atoms with Crippen molar-refractivity contribution in [3.05, 3.63) is 69.6 Å². The van der Waals surface area contributed by atoms with E-state index >= 15 is 0 Å². The van der Waals surface area contributed by atoms with Gasteiger partial charge in [0, 0.05) is 16.3 Å². The molecule has 1 atom stereocenters. The van der Waals surface area contributed by atoms with Crippen molar-refractivity contribution in [2.45, 2.75) is 24.8 Å². The molecule has 2 aromatic carbocycles. The molecule has 0 aliphatic rings. The maximum absolute atomic E-state index is 13.3. The van der Waals surface area contributed by atoms with Crippen LogP contribution >= 0.6 is 15.9 Å². The van der Waals surface area contributed by atoms with Crippen LogP contribution in [0.1, 0.15) is 13.8 Å². The van der Waals surface area contributed by atoms with E-state index in [2.05, 4.69) is 21.0 Å². The number of aliphatic hydroxyl groups is 1. The maximum atomic E-state index is 13.3. The molecule has 164 valence electrons. The highest BCUT2D eigenvalue weighted by atomic mass is 79.9. The fraction of sp³-hybridized carbons (Fsp3) is 0.273. The summed E-state index contributed by atoms with van der Waals surface area (Å²) in [5.41, 5.74) is 1.05. The number of benzene rings is 2. The van der Waals surface area contributed by atoms with E-state index < -0.39 is 21.5 Å². The largest absolute Gasteiger partial charge is 0.485 e. The molecular formula is C22H23BrN2O5S. The highest BCUT2D eigenvalue weighted by molar-refractivity contribution is 9.10. The second-order valence-electron chi connectivity index (χ2n) is 7.50. The Hall–Kier alpha value is -2.49. The molecule has 0 unspecified atom stereocenters. The van der Waals surface area contributed by atoms with Gasteiger partial charge in [0.05, 0.1) is 22.9 Å². The Bertz CT molecular complexity index is 1240. The van der Waals surface area contributed by atoms with Crippen LogP contribution in [-0.2, 0) is 9.84 Å². The van der Waals surface area contributed by atoms with Crippen molar-refractivity contribution < 1.29 is 18.3 Å². The molecule has 0 saturated carbocycles. The van der Waals surface area contributed by atoms with Crippen LogP contribution in [0.3, 0.4) is 0 Å². The van der Waals surface area contributed by atoms with Gasteiger partial charge < -0.3 is 9.84 Å². The summed E-state index contributed by atoms with van der Waals surface area (Å²) in [7, 11) is -3.35. The number of hydrogen-bond donors (Lipinski definition) is 1. The predicted molar refractivity (Wildman–Crippen MR) is 122 cm³/mol. The van der Waals surface area contributed by atoms with E-state index in [0.29, 0.717) is 16.8 Å². The van der Waals surface area contributed by atoms with Crippen molar-refractivity contribution in [2.75, 3.05) is 12.9 Å².